The Bertz CT molecular complexity index is 2280. The minimum atomic E-state index is -1.24. The number of carboxylic acid groups (broad SMARTS) is 2. The van der Waals surface area contributed by atoms with Crippen molar-refractivity contribution in [2.45, 2.75) is 108 Å². The lowest BCUT2D eigenvalue weighted by Crippen LogP contribution is -2.49. The average Bonchev–Trinajstić information content (AvgIpc) is 3.22. The maximum absolute atomic E-state index is 12.4. The molecular weight excluding hydrogens is 773 g/mol. The molecule has 2 aliphatic heterocycles. The van der Waals surface area contributed by atoms with Crippen molar-refractivity contribution in [2.75, 3.05) is 21.3 Å². The van der Waals surface area contributed by atoms with E-state index in [9.17, 15) is 34.5 Å². The highest BCUT2D eigenvalue weighted by Crippen LogP contribution is 2.49. The molecule has 2 saturated carbocycles. The second-order valence-electron chi connectivity index (χ2n) is 16.3. The fraction of sp³-hybridized carbons (Fsp3) is 0.400. The van der Waals surface area contributed by atoms with Gasteiger partial charge in [-0.3, -0.25) is 9.59 Å². The third kappa shape index (κ3) is 10.9. The van der Waals surface area contributed by atoms with Crippen molar-refractivity contribution in [3.8, 4) is 28.1 Å². The van der Waals surface area contributed by atoms with Crippen molar-refractivity contribution in [3.63, 3.8) is 0 Å². The number of carboxylic acids is 2. The van der Waals surface area contributed by atoms with E-state index in [1.807, 2.05) is 49.4 Å². The predicted octanol–water partition coefficient (Wildman–Crippen LogP) is 9.87. The molecule has 2 aliphatic carbocycles. The largest absolute Gasteiger partial charge is 0.515 e. The highest BCUT2D eigenvalue weighted by molar-refractivity contribution is 6.21. The smallest absolute Gasteiger partial charge is 0.341 e. The maximum Gasteiger partial charge on any atom is 0.341 e. The first kappa shape index (κ1) is 46.1. The number of ketones is 1. The number of hydrogen-bond donors (Lipinski definition) is 4. The number of aliphatic hydroxyl groups is 1. The Morgan fingerprint density at radius 3 is 2.13 bits per heavy atom. The minimum absolute atomic E-state index is 0.126. The van der Waals surface area contributed by atoms with Crippen LogP contribution in [0.2, 0.25) is 0 Å². The van der Waals surface area contributed by atoms with Crippen LogP contribution in [0.15, 0.2) is 119 Å². The zero-order valence-corrected chi connectivity index (χ0v) is 36.1. The number of hydrogen-bond acceptors (Lipinski definition) is 8. The third-order valence-electron chi connectivity index (χ3n) is 12.2. The summed E-state index contributed by atoms with van der Waals surface area (Å²) in [6.07, 6.45) is 23.8. The number of aromatic carboxylic acids is 1. The molecule has 324 valence electrons. The molecule has 0 bridgehead atoms. The van der Waals surface area contributed by atoms with Gasteiger partial charge in [-0.15, -0.1) is 0 Å². The summed E-state index contributed by atoms with van der Waals surface area (Å²) >= 11 is 0. The van der Waals surface area contributed by atoms with Crippen molar-refractivity contribution >= 4 is 17.7 Å². The number of ether oxygens (including phenoxy) is 2. The van der Waals surface area contributed by atoms with Gasteiger partial charge in [0, 0.05) is 55.4 Å². The highest BCUT2D eigenvalue weighted by Gasteiger charge is 2.43. The second kappa shape index (κ2) is 21.0. The number of rotatable bonds is 10. The standard InChI is InChI=1S/C24H21NO4.C24H33NO4.C2H6O/c1-29-18-6-3-15(4-7-18)16-5-8-19-17(11-16)13-24(9-2-10-24)25-14-20(23(27)28)22(26)12-21(19)25;1-3-5-6-7-9-18(17-26)14-20-16-24(11-8-12-24)25-13-10-22(27)21(23(28)29)15-19(20)4-2;1-3-2/h3-8,11-12,14H,2,9-10,13H2,1H3,(H,27,28);4,10,13-15,17,25-26H,3,5-9,11-12,16H2,1-2H3,(H,28,29);1-2H3/b;13-10-,18-17+,19-4-,20-14-,21-15-;. The first-order chi connectivity index (χ1) is 29.4. The number of aromatic nitrogens is 1. The number of carbonyl (C=O) groups is 3. The van der Waals surface area contributed by atoms with E-state index in [0.717, 1.165) is 116 Å². The van der Waals surface area contributed by atoms with Gasteiger partial charge in [0.15, 0.2) is 11.2 Å². The molecule has 0 radical (unpaired) electrons. The Kier molecular flexibility index (Phi) is 15.9. The third-order valence-corrected chi connectivity index (χ3v) is 12.2. The number of methoxy groups -OCH3 is 2. The Morgan fingerprint density at radius 1 is 0.885 bits per heavy atom. The summed E-state index contributed by atoms with van der Waals surface area (Å²) in [4.78, 5) is 47.9. The molecule has 1 aromatic heterocycles. The molecule has 4 aliphatic rings. The zero-order chi connectivity index (χ0) is 44.2. The van der Waals surface area contributed by atoms with E-state index in [0.29, 0.717) is 12.0 Å². The molecular formula is C50H60N2O9. The SMILES string of the molecule is C/C=C1/C=C(\C(=O)O)C(=O)/C=C\NC2(CCC2)C/C1=C/C(=C/O)CCCCCC.COC.COc1ccc(-c2ccc3c(c2)CC2(CCC2)n2cc(C(=O)O)c(=O)cc2-3)cc1. The molecule has 61 heavy (non-hydrogen) atoms. The van der Waals surface area contributed by atoms with Gasteiger partial charge in [-0.1, -0.05) is 68.7 Å². The lowest BCUT2D eigenvalue weighted by atomic mass is 9.69. The van der Waals surface area contributed by atoms with E-state index in [2.05, 4.69) is 33.7 Å². The number of unbranched alkanes of at least 4 members (excludes halogenated alkanes) is 3. The summed E-state index contributed by atoms with van der Waals surface area (Å²) in [6, 6.07) is 15.8. The van der Waals surface area contributed by atoms with E-state index in [1.165, 1.54) is 30.2 Å². The van der Waals surface area contributed by atoms with Crippen LogP contribution in [0.5, 0.6) is 5.75 Å². The van der Waals surface area contributed by atoms with Crippen molar-refractivity contribution in [1.29, 1.82) is 0 Å². The van der Waals surface area contributed by atoms with E-state index in [1.54, 1.807) is 33.7 Å². The molecule has 4 N–H and O–H groups in total. The summed E-state index contributed by atoms with van der Waals surface area (Å²) in [7, 11) is 4.90. The lowest BCUT2D eigenvalue weighted by Gasteiger charge is -2.48. The van der Waals surface area contributed by atoms with Crippen LogP contribution in [0.1, 0.15) is 107 Å². The monoisotopic (exact) mass is 832 g/mol. The van der Waals surface area contributed by atoms with E-state index < -0.39 is 23.2 Å². The van der Waals surface area contributed by atoms with Gasteiger partial charge in [-0.2, -0.15) is 0 Å². The van der Waals surface area contributed by atoms with Crippen LogP contribution < -0.4 is 15.5 Å². The van der Waals surface area contributed by atoms with Crippen LogP contribution >= 0.6 is 0 Å². The number of aliphatic carboxylic acids is 1. The maximum atomic E-state index is 12.4. The lowest BCUT2D eigenvalue weighted by molar-refractivity contribution is -0.134. The highest BCUT2D eigenvalue weighted by atomic mass is 16.5. The molecule has 0 amide bonds. The molecule has 3 heterocycles. The molecule has 0 unspecified atom stereocenters. The number of aliphatic hydroxyl groups excluding tert-OH is 1. The number of benzene rings is 2. The number of carbonyl (C=O) groups excluding carboxylic acids is 1. The van der Waals surface area contributed by atoms with Gasteiger partial charge in [0.1, 0.15) is 16.9 Å². The van der Waals surface area contributed by atoms with Crippen LogP contribution in [0, 0.1) is 0 Å². The van der Waals surface area contributed by atoms with Crippen molar-refractivity contribution in [3.05, 3.63) is 135 Å². The van der Waals surface area contributed by atoms with Crippen molar-refractivity contribution in [1.82, 2.24) is 9.88 Å². The van der Waals surface area contributed by atoms with E-state index in [-0.39, 0.29) is 22.2 Å². The van der Waals surface area contributed by atoms with Crippen molar-refractivity contribution < 1.29 is 39.2 Å². The topological polar surface area (TPSA) is 164 Å². The van der Waals surface area contributed by atoms with Crippen LogP contribution in [0.25, 0.3) is 22.4 Å². The molecule has 0 saturated heterocycles. The van der Waals surface area contributed by atoms with Gasteiger partial charge in [0.25, 0.3) is 0 Å². The number of nitrogens with zero attached hydrogens (tertiary/aromatic N) is 1. The Balaban J connectivity index is 0.000000217. The molecule has 11 nitrogen and oxygen atoms in total. The normalized spacial score (nSPS) is 19.9. The van der Waals surface area contributed by atoms with Gasteiger partial charge < -0.3 is 34.7 Å². The number of pyridine rings is 1. The van der Waals surface area contributed by atoms with Gasteiger partial charge in [-0.25, -0.2) is 9.59 Å². The average molecular weight is 833 g/mol. The summed E-state index contributed by atoms with van der Waals surface area (Å²) in [5.41, 5.74) is 6.65. The molecule has 7 rings (SSSR count). The first-order valence-corrected chi connectivity index (χ1v) is 21.2. The van der Waals surface area contributed by atoms with Gasteiger partial charge in [0.2, 0.25) is 0 Å². The van der Waals surface area contributed by atoms with Gasteiger partial charge >= 0.3 is 11.9 Å². The molecule has 3 aromatic rings. The second-order valence-corrected chi connectivity index (χ2v) is 16.3. The predicted molar refractivity (Wildman–Crippen MR) is 239 cm³/mol. The van der Waals surface area contributed by atoms with Gasteiger partial charge in [-0.05, 0) is 123 Å². The molecule has 2 spiro atoms. The zero-order valence-electron chi connectivity index (χ0n) is 36.1. The summed E-state index contributed by atoms with van der Waals surface area (Å²) in [5.74, 6) is -2.12. The Hall–Kier alpha value is -5.94. The fourth-order valence-electron chi connectivity index (χ4n) is 8.56. The summed E-state index contributed by atoms with van der Waals surface area (Å²) in [5, 5.41) is 32.0. The van der Waals surface area contributed by atoms with E-state index in [4.69, 9.17) is 4.74 Å². The minimum Gasteiger partial charge on any atom is -0.515 e. The Labute approximate surface area is 358 Å². The molecule has 2 aromatic carbocycles. The van der Waals surface area contributed by atoms with Crippen LogP contribution in [-0.2, 0) is 26.3 Å². The molecule has 11 heteroatoms. The fourth-order valence-corrected chi connectivity index (χ4v) is 8.56. The van der Waals surface area contributed by atoms with Crippen LogP contribution in [0.4, 0.5) is 0 Å². The molecule has 2 fully saturated rings. The number of nitrogens with one attached hydrogen (secondary N) is 1. The Morgan fingerprint density at radius 2 is 1.57 bits per heavy atom. The number of allylic oxidation sites excluding steroid dienone is 6. The summed E-state index contributed by atoms with van der Waals surface area (Å²) < 4.78 is 11.5. The van der Waals surface area contributed by atoms with Crippen LogP contribution in [-0.4, -0.2) is 64.5 Å². The van der Waals surface area contributed by atoms with E-state index >= 15 is 0 Å². The molecule has 0 atom stereocenters. The number of fused-ring (bicyclic) bond motifs is 4. The first-order valence-electron chi connectivity index (χ1n) is 21.2. The van der Waals surface area contributed by atoms with Crippen LogP contribution in [0.3, 0.4) is 0 Å². The van der Waals surface area contributed by atoms with Gasteiger partial charge in [0.05, 0.1) is 19.1 Å². The summed E-state index contributed by atoms with van der Waals surface area (Å²) in [6.45, 7) is 4.01. The quantitative estimate of drug-likeness (QED) is 0.0878. The van der Waals surface area contributed by atoms with Crippen molar-refractivity contribution in [2.24, 2.45) is 0 Å².